The third-order valence-electron chi connectivity index (χ3n) is 2.27. The van der Waals surface area contributed by atoms with E-state index in [1.807, 2.05) is 6.92 Å². The highest BCUT2D eigenvalue weighted by atomic mass is 16.1. The number of nitrogens with two attached hydrogens (primary N) is 1. The van der Waals surface area contributed by atoms with Crippen LogP contribution in [0.1, 0.15) is 15.9 Å². The second-order valence-corrected chi connectivity index (χ2v) is 3.63. The van der Waals surface area contributed by atoms with Gasteiger partial charge < -0.3 is 5.73 Å². The summed E-state index contributed by atoms with van der Waals surface area (Å²) in [6.45, 7) is 1.84. The van der Waals surface area contributed by atoms with E-state index in [1.165, 1.54) is 4.80 Å². The van der Waals surface area contributed by atoms with Crippen molar-refractivity contribution in [3.8, 4) is 0 Å². The summed E-state index contributed by atoms with van der Waals surface area (Å²) in [5, 5.41) is 13.7. The van der Waals surface area contributed by atoms with Crippen molar-refractivity contribution in [2.45, 2.75) is 6.92 Å². The number of aromatic nitrogens is 4. The number of nitrogens with zero attached hydrogens (tertiary/aromatic N) is 4. The minimum Gasteiger partial charge on any atom is -0.399 e. The molecule has 1 aromatic heterocycles. The number of hydrogen-bond donors (Lipinski definition) is 2. The van der Waals surface area contributed by atoms with Crippen LogP contribution >= 0.6 is 0 Å². The summed E-state index contributed by atoms with van der Waals surface area (Å²) in [5.74, 6) is -0.118. The number of carbonyl (C=O) groups is 1. The lowest BCUT2D eigenvalue weighted by Crippen LogP contribution is -2.13. The molecule has 2 aromatic rings. The lowest BCUT2D eigenvalue weighted by Gasteiger charge is -2.03. The van der Waals surface area contributed by atoms with Crippen LogP contribution in [0.3, 0.4) is 0 Å². The van der Waals surface area contributed by atoms with Crippen LogP contribution in [-0.2, 0) is 7.05 Å². The van der Waals surface area contributed by atoms with Crippen molar-refractivity contribution in [3.63, 3.8) is 0 Å². The van der Waals surface area contributed by atoms with Crippen LogP contribution in [0.25, 0.3) is 0 Å². The van der Waals surface area contributed by atoms with E-state index >= 15 is 0 Å². The molecule has 0 fully saturated rings. The Morgan fingerprint density at radius 2 is 2.24 bits per heavy atom. The van der Waals surface area contributed by atoms with Gasteiger partial charge in [-0.3, -0.25) is 10.1 Å². The quantitative estimate of drug-likeness (QED) is 0.728. The van der Waals surface area contributed by atoms with Gasteiger partial charge in [-0.25, -0.2) is 0 Å². The molecule has 88 valence electrons. The van der Waals surface area contributed by atoms with Gasteiger partial charge in [0.2, 0.25) is 0 Å². The Morgan fingerprint density at radius 3 is 2.82 bits per heavy atom. The molecular weight excluding hydrogens is 220 g/mol. The van der Waals surface area contributed by atoms with Crippen LogP contribution < -0.4 is 11.1 Å². The first-order chi connectivity index (χ1) is 8.06. The molecule has 7 nitrogen and oxygen atoms in total. The van der Waals surface area contributed by atoms with Gasteiger partial charge in [0.05, 0.1) is 7.05 Å². The molecule has 1 aromatic carbocycles. The highest BCUT2D eigenvalue weighted by Gasteiger charge is 2.09. The van der Waals surface area contributed by atoms with Crippen molar-refractivity contribution in [2.75, 3.05) is 11.1 Å². The zero-order valence-corrected chi connectivity index (χ0v) is 9.51. The SMILES string of the molecule is Cc1cc(C(=O)Nc2nnn(C)n2)ccc1N. The second kappa shape index (κ2) is 4.20. The number of hydrogen-bond acceptors (Lipinski definition) is 5. The molecule has 0 spiro atoms. The maximum atomic E-state index is 11.8. The van der Waals surface area contributed by atoms with E-state index in [0.717, 1.165) is 5.56 Å². The molecule has 0 bridgehead atoms. The average molecular weight is 232 g/mol. The van der Waals surface area contributed by atoms with E-state index in [2.05, 4.69) is 20.7 Å². The molecule has 0 saturated carbocycles. The van der Waals surface area contributed by atoms with Gasteiger partial charge in [0, 0.05) is 11.3 Å². The lowest BCUT2D eigenvalue weighted by atomic mass is 10.1. The molecule has 0 aliphatic rings. The molecule has 0 radical (unpaired) electrons. The first kappa shape index (κ1) is 11.1. The van der Waals surface area contributed by atoms with Gasteiger partial charge in [-0.2, -0.15) is 4.80 Å². The Balaban J connectivity index is 2.17. The van der Waals surface area contributed by atoms with Crippen LogP contribution in [0.2, 0.25) is 0 Å². The number of anilines is 2. The largest absolute Gasteiger partial charge is 0.399 e. The number of tetrazole rings is 1. The minimum atomic E-state index is -0.291. The zero-order valence-electron chi connectivity index (χ0n) is 9.51. The van der Waals surface area contributed by atoms with Gasteiger partial charge in [-0.1, -0.05) is 5.10 Å². The fourth-order valence-corrected chi connectivity index (χ4v) is 1.32. The van der Waals surface area contributed by atoms with E-state index in [1.54, 1.807) is 25.2 Å². The zero-order chi connectivity index (χ0) is 12.4. The van der Waals surface area contributed by atoms with Gasteiger partial charge in [-0.05, 0) is 35.9 Å². The normalized spacial score (nSPS) is 10.2. The van der Waals surface area contributed by atoms with E-state index in [-0.39, 0.29) is 11.9 Å². The molecule has 0 aliphatic carbocycles. The summed E-state index contributed by atoms with van der Waals surface area (Å²) in [7, 11) is 1.62. The molecule has 1 amide bonds. The second-order valence-electron chi connectivity index (χ2n) is 3.63. The van der Waals surface area contributed by atoms with E-state index in [9.17, 15) is 4.79 Å². The van der Waals surface area contributed by atoms with Crippen LogP contribution in [-0.4, -0.2) is 26.1 Å². The number of nitrogens with one attached hydrogen (secondary N) is 1. The van der Waals surface area contributed by atoms with Gasteiger partial charge >= 0.3 is 0 Å². The van der Waals surface area contributed by atoms with Crippen molar-refractivity contribution in [1.29, 1.82) is 0 Å². The Morgan fingerprint density at radius 1 is 1.47 bits per heavy atom. The summed E-state index contributed by atoms with van der Waals surface area (Å²) in [6.07, 6.45) is 0. The standard InChI is InChI=1S/C10H12N6O/c1-6-5-7(3-4-8(6)11)9(17)12-10-13-15-16(2)14-10/h3-5H,11H2,1-2H3,(H,12,14,17). The van der Waals surface area contributed by atoms with Gasteiger partial charge in [0.1, 0.15) is 0 Å². The van der Waals surface area contributed by atoms with Gasteiger partial charge in [-0.15, -0.1) is 5.10 Å². The Kier molecular flexibility index (Phi) is 2.73. The number of rotatable bonds is 2. The summed E-state index contributed by atoms with van der Waals surface area (Å²) in [6, 6.07) is 5.05. The molecule has 2 rings (SSSR count). The number of benzene rings is 1. The van der Waals surface area contributed by atoms with E-state index in [0.29, 0.717) is 11.3 Å². The summed E-state index contributed by atoms with van der Waals surface area (Å²) >= 11 is 0. The number of nitrogen functional groups attached to an aromatic ring is 1. The molecule has 0 atom stereocenters. The fraction of sp³-hybridized carbons (Fsp3) is 0.200. The minimum absolute atomic E-state index is 0.173. The predicted octanol–water partition coefficient (Wildman–Crippen LogP) is 0.353. The van der Waals surface area contributed by atoms with Crippen LogP contribution in [0.15, 0.2) is 18.2 Å². The molecule has 1 heterocycles. The lowest BCUT2D eigenvalue weighted by molar-refractivity contribution is 0.102. The first-order valence-electron chi connectivity index (χ1n) is 4.98. The number of aryl methyl sites for hydroxylation is 2. The molecule has 0 aliphatic heterocycles. The highest BCUT2D eigenvalue weighted by molar-refractivity contribution is 6.03. The summed E-state index contributed by atoms with van der Waals surface area (Å²) in [5.41, 5.74) is 7.68. The third-order valence-corrected chi connectivity index (χ3v) is 2.27. The first-order valence-corrected chi connectivity index (χ1v) is 4.98. The Labute approximate surface area is 97.6 Å². The monoisotopic (exact) mass is 232 g/mol. The van der Waals surface area contributed by atoms with Crippen molar-refractivity contribution in [2.24, 2.45) is 7.05 Å². The van der Waals surface area contributed by atoms with Gasteiger partial charge in [0.15, 0.2) is 0 Å². The van der Waals surface area contributed by atoms with E-state index in [4.69, 9.17) is 5.73 Å². The summed E-state index contributed by atoms with van der Waals surface area (Å²) < 4.78 is 0. The number of amides is 1. The highest BCUT2D eigenvalue weighted by Crippen LogP contribution is 2.13. The van der Waals surface area contributed by atoms with Gasteiger partial charge in [0.25, 0.3) is 11.9 Å². The third kappa shape index (κ3) is 2.39. The molecule has 17 heavy (non-hydrogen) atoms. The molecule has 3 N–H and O–H groups in total. The average Bonchev–Trinajstić information content (AvgIpc) is 2.68. The maximum Gasteiger partial charge on any atom is 0.270 e. The van der Waals surface area contributed by atoms with Crippen molar-refractivity contribution in [3.05, 3.63) is 29.3 Å². The molecule has 7 heteroatoms. The van der Waals surface area contributed by atoms with Crippen molar-refractivity contribution < 1.29 is 4.79 Å². The fourth-order valence-electron chi connectivity index (χ4n) is 1.32. The smallest absolute Gasteiger partial charge is 0.270 e. The Hall–Kier alpha value is -2.44. The van der Waals surface area contributed by atoms with Crippen LogP contribution in [0.5, 0.6) is 0 Å². The van der Waals surface area contributed by atoms with Crippen molar-refractivity contribution >= 4 is 17.5 Å². The molecule has 0 saturated heterocycles. The maximum absolute atomic E-state index is 11.8. The predicted molar refractivity (Wildman–Crippen MR) is 62.3 cm³/mol. The topological polar surface area (TPSA) is 98.7 Å². The van der Waals surface area contributed by atoms with E-state index < -0.39 is 0 Å². The molecule has 0 unspecified atom stereocenters. The molecular formula is C10H12N6O. The van der Waals surface area contributed by atoms with Crippen LogP contribution in [0.4, 0.5) is 11.6 Å². The Bertz CT molecular complexity index is 562. The van der Waals surface area contributed by atoms with Crippen molar-refractivity contribution in [1.82, 2.24) is 20.2 Å². The number of carbonyl (C=O) groups excluding carboxylic acids is 1. The summed E-state index contributed by atoms with van der Waals surface area (Å²) in [4.78, 5) is 13.1. The van der Waals surface area contributed by atoms with Crippen LogP contribution in [0, 0.1) is 6.92 Å².